The van der Waals surface area contributed by atoms with Crippen molar-refractivity contribution in [2.45, 2.75) is 19.4 Å². The zero-order valence-corrected chi connectivity index (χ0v) is 13.2. The van der Waals surface area contributed by atoms with Crippen molar-refractivity contribution in [2.75, 3.05) is 38.7 Å². The molecule has 1 aromatic carbocycles. The summed E-state index contributed by atoms with van der Waals surface area (Å²) in [5.74, 6) is 0.840. The van der Waals surface area contributed by atoms with Crippen molar-refractivity contribution in [2.24, 2.45) is 5.73 Å². The van der Waals surface area contributed by atoms with Crippen LogP contribution in [-0.4, -0.2) is 49.7 Å². The quantitative estimate of drug-likeness (QED) is 0.858. The molecule has 1 atom stereocenters. The number of rotatable bonds is 4. The first-order chi connectivity index (χ1) is 9.56. The molecule has 0 aliphatic carbocycles. The van der Waals surface area contributed by atoms with Crippen LogP contribution in [0, 0.1) is 0 Å². The lowest BCUT2D eigenvalue weighted by molar-refractivity contribution is 0.213. The second-order valence-electron chi connectivity index (χ2n) is 5.24. The summed E-state index contributed by atoms with van der Waals surface area (Å²) in [6.45, 7) is 5.25. The van der Waals surface area contributed by atoms with Crippen LogP contribution in [0.5, 0.6) is 5.75 Å². The maximum Gasteiger partial charge on any atom is 0.120 e. The number of hydrogen-bond acceptors (Lipinski definition) is 4. The topological polar surface area (TPSA) is 41.7 Å². The molecule has 4 nitrogen and oxygen atoms in total. The van der Waals surface area contributed by atoms with Crippen molar-refractivity contribution in [3.8, 4) is 5.75 Å². The highest BCUT2D eigenvalue weighted by molar-refractivity contribution is 7.80. The van der Waals surface area contributed by atoms with Crippen LogP contribution in [-0.2, 0) is 0 Å². The van der Waals surface area contributed by atoms with E-state index in [4.69, 9.17) is 22.7 Å². The van der Waals surface area contributed by atoms with Crippen LogP contribution in [0.4, 0.5) is 5.69 Å². The molecule has 0 aromatic heterocycles. The first kappa shape index (κ1) is 15.1. The number of hydrogen-bond donors (Lipinski definition) is 1. The molecule has 2 rings (SSSR count). The van der Waals surface area contributed by atoms with Crippen LogP contribution in [0.15, 0.2) is 18.2 Å². The number of ether oxygens (including phenoxy) is 1. The van der Waals surface area contributed by atoms with E-state index in [9.17, 15) is 0 Å². The summed E-state index contributed by atoms with van der Waals surface area (Å²) in [5, 5.41) is 0. The molecule has 0 amide bonds. The van der Waals surface area contributed by atoms with Gasteiger partial charge in [-0.05, 0) is 25.6 Å². The van der Waals surface area contributed by atoms with Gasteiger partial charge in [0, 0.05) is 37.3 Å². The van der Waals surface area contributed by atoms with Gasteiger partial charge in [-0.25, -0.2) is 0 Å². The summed E-state index contributed by atoms with van der Waals surface area (Å²) in [6, 6.07) is 6.46. The van der Waals surface area contributed by atoms with Crippen molar-refractivity contribution < 1.29 is 4.74 Å². The van der Waals surface area contributed by atoms with Crippen LogP contribution in [0.2, 0.25) is 0 Å². The molecule has 20 heavy (non-hydrogen) atoms. The molecule has 1 aromatic rings. The Morgan fingerprint density at radius 2 is 2.20 bits per heavy atom. The van der Waals surface area contributed by atoms with Gasteiger partial charge in [-0.1, -0.05) is 19.1 Å². The monoisotopic (exact) mass is 293 g/mol. The molecule has 0 bridgehead atoms. The summed E-state index contributed by atoms with van der Waals surface area (Å²) in [4.78, 5) is 5.22. The molecule has 0 spiro atoms. The Bertz CT molecular complexity index is 492. The van der Waals surface area contributed by atoms with Crippen LogP contribution >= 0.6 is 12.2 Å². The minimum absolute atomic E-state index is 0.439. The molecule has 1 aliphatic heterocycles. The molecular formula is C15H23N3OS. The van der Waals surface area contributed by atoms with Crippen LogP contribution in [0.3, 0.4) is 0 Å². The Morgan fingerprint density at radius 1 is 1.45 bits per heavy atom. The van der Waals surface area contributed by atoms with E-state index in [1.807, 2.05) is 18.2 Å². The van der Waals surface area contributed by atoms with E-state index in [0.29, 0.717) is 11.0 Å². The molecule has 110 valence electrons. The van der Waals surface area contributed by atoms with E-state index in [1.54, 1.807) is 7.11 Å². The minimum Gasteiger partial charge on any atom is -0.497 e. The molecule has 1 aliphatic rings. The summed E-state index contributed by atoms with van der Waals surface area (Å²) in [6.07, 6.45) is 1.14. The first-order valence-electron chi connectivity index (χ1n) is 6.99. The van der Waals surface area contributed by atoms with Gasteiger partial charge in [-0.3, -0.25) is 4.90 Å². The Balaban J connectivity index is 2.32. The largest absolute Gasteiger partial charge is 0.497 e. The van der Waals surface area contributed by atoms with Gasteiger partial charge in [0.2, 0.25) is 0 Å². The number of benzene rings is 1. The van der Waals surface area contributed by atoms with Gasteiger partial charge >= 0.3 is 0 Å². The zero-order chi connectivity index (χ0) is 14.7. The van der Waals surface area contributed by atoms with Gasteiger partial charge in [0.1, 0.15) is 10.7 Å². The number of methoxy groups -OCH3 is 1. The average Bonchev–Trinajstić information content (AvgIpc) is 2.47. The molecule has 0 radical (unpaired) electrons. The fraction of sp³-hybridized carbons (Fsp3) is 0.533. The van der Waals surface area contributed by atoms with Crippen molar-refractivity contribution in [1.82, 2.24) is 4.90 Å². The van der Waals surface area contributed by atoms with E-state index in [1.165, 1.54) is 0 Å². The molecule has 1 saturated heterocycles. The van der Waals surface area contributed by atoms with E-state index < -0.39 is 0 Å². The summed E-state index contributed by atoms with van der Waals surface area (Å²) < 4.78 is 5.33. The van der Waals surface area contributed by atoms with Crippen molar-refractivity contribution in [3.05, 3.63) is 23.8 Å². The maximum absolute atomic E-state index is 5.86. The fourth-order valence-corrected chi connectivity index (χ4v) is 2.89. The number of anilines is 1. The molecule has 0 saturated carbocycles. The van der Waals surface area contributed by atoms with E-state index in [0.717, 1.165) is 43.1 Å². The highest BCUT2D eigenvalue weighted by atomic mass is 32.1. The van der Waals surface area contributed by atoms with E-state index in [2.05, 4.69) is 23.8 Å². The lowest BCUT2D eigenvalue weighted by atomic mass is 10.1. The third-order valence-corrected chi connectivity index (χ3v) is 4.28. The van der Waals surface area contributed by atoms with E-state index >= 15 is 0 Å². The van der Waals surface area contributed by atoms with Gasteiger partial charge in [0.25, 0.3) is 0 Å². The number of nitrogens with zero attached hydrogens (tertiary/aromatic N) is 2. The van der Waals surface area contributed by atoms with Gasteiger partial charge < -0.3 is 15.4 Å². The van der Waals surface area contributed by atoms with Gasteiger partial charge in [0.15, 0.2) is 0 Å². The van der Waals surface area contributed by atoms with Crippen molar-refractivity contribution in [1.29, 1.82) is 0 Å². The van der Waals surface area contributed by atoms with E-state index in [-0.39, 0.29) is 0 Å². The molecule has 1 unspecified atom stereocenters. The van der Waals surface area contributed by atoms with Crippen LogP contribution in [0.25, 0.3) is 0 Å². The second kappa shape index (κ2) is 6.41. The number of nitrogens with two attached hydrogens (primary N) is 1. The number of piperazine rings is 1. The van der Waals surface area contributed by atoms with Crippen LogP contribution < -0.4 is 15.4 Å². The molecule has 2 N–H and O–H groups in total. The molecular weight excluding hydrogens is 270 g/mol. The fourth-order valence-electron chi connectivity index (χ4n) is 2.71. The highest BCUT2D eigenvalue weighted by Gasteiger charge is 2.25. The van der Waals surface area contributed by atoms with Crippen molar-refractivity contribution in [3.63, 3.8) is 0 Å². The normalized spacial score (nSPS) is 19.9. The minimum atomic E-state index is 0.439. The van der Waals surface area contributed by atoms with Gasteiger partial charge in [0.05, 0.1) is 12.8 Å². The predicted octanol–water partition coefficient (Wildman–Crippen LogP) is 1.86. The highest BCUT2D eigenvalue weighted by Crippen LogP contribution is 2.28. The standard InChI is InChI=1S/C15H23N3OS/c1-4-11-10-18(8-7-17(11)2)14-9-12(19-3)5-6-13(14)15(16)20/h5-6,9,11H,4,7-8,10H2,1-3H3,(H2,16,20). The predicted molar refractivity (Wildman–Crippen MR) is 87.8 cm³/mol. The Hall–Kier alpha value is -1.33. The third kappa shape index (κ3) is 3.04. The SMILES string of the molecule is CCC1CN(c2cc(OC)ccc2C(N)=S)CCN1C. The number of thiocarbonyl (C=S) groups is 1. The Kier molecular flexibility index (Phi) is 4.83. The molecule has 1 heterocycles. The summed E-state index contributed by atoms with van der Waals surface area (Å²) in [5.41, 5.74) is 7.88. The van der Waals surface area contributed by atoms with Crippen LogP contribution in [0.1, 0.15) is 18.9 Å². The zero-order valence-electron chi connectivity index (χ0n) is 12.4. The van der Waals surface area contributed by atoms with Gasteiger partial charge in [-0.15, -0.1) is 0 Å². The van der Waals surface area contributed by atoms with Crippen molar-refractivity contribution >= 4 is 22.9 Å². The smallest absolute Gasteiger partial charge is 0.120 e. The second-order valence-corrected chi connectivity index (χ2v) is 5.68. The first-order valence-corrected chi connectivity index (χ1v) is 7.40. The Labute approximate surface area is 126 Å². The maximum atomic E-state index is 5.86. The summed E-state index contributed by atoms with van der Waals surface area (Å²) >= 11 is 5.18. The lowest BCUT2D eigenvalue weighted by Gasteiger charge is -2.41. The van der Waals surface area contributed by atoms with Gasteiger partial charge in [-0.2, -0.15) is 0 Å². The number of likely N-dealkylation sites (N-methyl/N-ethyl adjacent to an activating group) is 1. The lowest BCUT2D eigenvalue weighted by Crippen LogP contribution is -2.51. The molecule has 5 heteroatoms. The third-order valence-electron chi connectivity index (χ3n) is 4.06. The Morgan fingerprint density at radius 3 is 2.80 bits per heavy atom. The average molecular weight is 293 g/mol. The molecule has 1 fully saturated rings. The summed E-state index contributed by atoms with van der Waals surface area (Å²) in [7, 11) is 3.87.